The van der Waals surface area contributed by atoms with Gasteiger partial charge in [0.2, 0.25) is 5.91 Å². The van der Waals surface area contributed by atoms with E-state index < -0.39 is 5.82 Å². The van der Waals surface area contributed by atoms with Gasteiger partial charge in [0.1, 0.15) is 5.82 Å². The van der Waals surface area contributed by atoms with Gasteiger partial charge in [0.15, 0.2) is 5.78 Å². The highest BCUT2D eigenvalue weighted by Gasteiger charge is 2.31. The van der Waals surface area contributed by atoms with Crippen LogP contribution in [-0.2, 0) is 4.79 Å². The highest BCUT2D eigenvalue weighted by atomic mass is 79.9. The summed E-state index contributed by atoms with van der Waals surface area (Å²) in [6.07, 6.45) is 0.430. The number of ketones is 1. The predicted octanol–water partition coefficient (Wildman–Crippen LogP) is 2.78. The van der Waals surface area contributed by atoms with Crippen molar-refractivity contribution in [2.24, 2.45) is 5.92 Å². The van der Waals surface area contributed by atoms with Crippen LogP contribution >= 0.6 is 15.9 Å². The topological polar surface area (TPSA) is 37.4 Å². The van der Waals surface area contributed by atoms with Crippen LogP contribution in [0.1, 0.15) is 23.7 Å². The third-order valence-corrected chi connectivity index (χ3v) is 3.98. The normalized spacial score (nSPS) is 19.4. The number of nitrogens with zero attached hydrogens (tertiary/aromatic N) is 1. The van der Waals surface area contributed by atoms with Crippen molar-refractivity contribution in [1.82, 2.24) is 0 Å². The van der Waals surface area contributed by atoms with Gasteiger partial charge in [0.05, 0.1) is 5.69 Å². The molecule has 1 aliphatic rings. The SMILES string of the molecule is CC(=O)c1ccc(N2CC(CBr)CC2=O)c(F)c1. The van der Waals surface area contributed by atoms with Crippen LogP contribution in [0.5, 0.6) is 0 Å². The monoisotopic (exact) mass is 313 g/mol. The van der Waals surface area contributed by atoms with Crippen molar-refractivity contribution in [3.8, 4) is 0 Å². The number of amides is 1. The average Bonchev–Trinajstić information content (AvgIpc) is 2.70. The molecule has 1 atom stereocenters. The summed E-state index contributed by atoms with van der Waals surface area (Å²) in [5.41, 5.74) is 0.577. The van der Waals surface area contributed by atoms with Gasteiger partial charge in [-0.3, -0.25) is 9.59 Å². The van der Waals surface area contributed by atoms with Crippen LogP contribution in [0.25, 0.3) is 0 Å². The zero-order valence-corrected chi connectivity index (χ0v) is 11.5. The molecule has 18 heavy (non-hydrogen) atoms. The van der Waals surface area contributed by atoms with E-state index in [1.165, 1.54) is 24.0 Å². The van der Waals surface area contributed by atoms with Crippen LogP contribution in [0.3, 0.4) is 0 Å². The minimum absolute atomic E-state index is 0.0751. The molecule has 0 spiro atoms. The van der Waals surface area contributed by atoms with Crippen molar-refractivity contribution < 1.29 is 14.0 Å². The van der Waals surface area contributed by atoms with Crippen LogP contribution in [0.4, 0.5) is 10.1 Å². The zero-order valence-electron chi connectivity index (χ0n) is 9.95. The molecule has 1 aromatic rings. The Morgan fingerprint density at radius 1 is 1.56 bits per heavy atom. The Hall–Kier alpha value is -1.23. The molecule has 96 valence electrons. The first-order valence-electron chi connectivity index (χ1n) is 5.69. The number of anilines is 1. The summed E-state index contributed by atoms with van der Waals surface area (Å²) in [5, 5.41) is 0.725. The average molecular weight is 314 g/mol. The molecule has 0 aliphatic carbocycles. The highest BCUT2D eigenvalue weighted by molar-refractivity contribution is 9.09. The second kappa shape index (κ2) is 5.18. The first-order valence-corrected chi connectivity index (χ1v) is 6.82. The minimum atomic E-state index is -0.522. The fraction of sp³-hybridized carbons (Fsp3) is 0.385. The number of Topliss-reactive ketones (excluding diaryl/α,β-unsaturated/α-hetero) is 1. The number of carbonyl (C=O) groups excluding carboxylic acids is 2. The molecule has 1 heterocycles. The third kappa shape index (κ3) is 2.46. The summed E-state index contributed by atoms with van der Waals surface area (Å²) in [4.78, 5) is 24.4. The van der Waals surface area contributed by atoms with E-state index in [9.17, 15) is 14.0 Å². The number of benzene rings is 1. The largest absolute Gasteiger partial charge is 0.309 e. The lowest BCUT2D eigenvalue weighted by Gasteiger charge is -2.17. The molecule has 0 aromatic heterocycles. The van der Waals surface area contributed by atoms with Crippen LogP contribution in [0.2, 0.25) is 0 Å². The quantitative estimate of drug-likeness (QED) is 0.635. The van der Waals surface area contributed by atoms with E-state index in [0.29, 0.717) is 18.5 Å². The van der Waals surface area contributed by atoms with Gasteiger partial charge in [-0.05, 0) is 31.0 Å². The van der Waals surface area contributed by atoms with Crippen molar-refractivity contribution in [1.29, 1.82) is 0 Å². The molecule has 1 aliphatic heterocycles. The molecule has 0 bridgehead atoms. The van der Waals surface area contributed by atoms with Crippen LogP contribution < -0.4 is 4.90 Å². The summed E-state index contributed by atoms with van der Waals surface area (Å²) >= 11 is 3.34. The summed E-state index contributed by atoms with van der Waals surface area (Å²) in [5.74, 6) is -0.573. The van der Waals surface area contributed by atoms with Gasteiger partial charge in [0.25, 0.3) is 0 Å². The molecule has 0 N–H and O–H groups in total. The molecular weight excluding hydrogens is 301 g/mol. The smallest absolute Gasteiger partial charge is 0.227 e. The lowest BCUT2D eigenvalue weighted by atomic mass is 10.1. The van der Waals surface area contributed by atoms with Gasteiger partial charge in [-0.15, -0.1) is 0 Å². The van der Waals surface area contributed by atoms with Crippen molar-refractivity contribution >= 4 is 33.3 Å². The number of rotatable bonds is 3. The molecule has 5 heteroatoms. The second-order valence-electron chi connectivity index (χ2n) is 4.45. The fourth-order valence-corrected chi connectivity index (χ4v) is 2.50. The standard InChI is InChI=1S/C13H13BrFNO2/c1-8(17)10-2-3-12(11(15)5-10)16-7-9(6-14)4-13(16)18/h2-3,5,9H,4,6-7H2,1H3. The molecule has 3 nitrogen and oxygen atoms in total. The Morgan fingerprint density at radius 3 is 2.78 bits per heavy atom. The molecule has 1 aromatic carbocycles. The Balaban J connectivity index is 2.29. The Morgan fingerprint density at radius 2 is 2.28 bits per heavy atom. The highest BCUT2D eigenvalue weighted by Crippen LogP contribution is 2.28. The minimum Gasteiger partial charge on any atom is -0.309 e. The molecule has 0 radical (unpaired) electrons. The molecule has 2 rings (SSSR count). The summed E-state index contributed by atoms with van der Waals surface area (Å²) < 4.78 is 13.9. The molecule has 0 saturated carbocycles. The maximum Gasteiger partial charge on any atom is 0.227 e. The number of alkyl halides is 1. The molecular formula is C13H13BrFNO2. The lowest BCUT2D eigenvalue weighted by Crippen LogP contribution is -2.25. The molecule has 1 unspecified atom stereocenters. The van der Waals surface area contributed by atoms with E-state index >= 15 is 0 Å². The van der Waals surface area contributed by atoms with E-state index in [-0.39, 0.29) is 23.3 Å². The van der Waals surface area contributed by atoms with Gasteiger partial charge in [-0.2, -0.15) is 0 Å². The van der Waals surface area contributed by atoms with Gasteiger partial charge in [0, 0.05) is 23.9 Å². The predicted molar refractivity (Wildman–Crippen MR) is 70.7 cm³/mol. The molecule has 1 fully saturated rings. The maximum absolute atomic E-state index is 13.9. The Kier molecular flexibility index (Phi) is 3.80. The number of carbonyl (C=O) groups is 2. The lowest BCUT2D eigenvalue weighted by molar-refractivity contribution is -0.117. The summed E-state index contributed by atoms with van der Waals surface area (Å²) in [7, 11) is 0. The Labute approximate surface area is 113 Å². The number of hydrogen-bond acceptors (Lipinski definition) is 2. The second-order valence-corrected chi connectivity index (χ2v) is 5.10. The number of hydrogen-bond donors (Lipinski definition) is 0. The van der Waals surface area contributed by atoms with Gasteiger partial charge in [-0.25, -0.2) is 4.39 Å². The van der Waals surface area contributed by atoms with E-state index in [1.807, 2.05) is 0 Å². The van der Waals surface area contributed by atoms with E-state index in [4.69, 9.17) is 0 Å². The first kappa shape index (κ1) is 13.2. The van der Waals surface area contributed by atoms with Crippen LogP contribution in [-0.4, -0.2) is 23.6 Å². The molecule has 1 amide bonds. The fourth-order valence-electron chi connectivity index (χ4n) is 2.06. The summed E-state index contributed by atoms with van der Waals surface area (Å²) in [6, 6.07) is 4.24. The molecule has 1 saturated heterocycles. The van der Waals surface area contributed by atoms with E-state index in [0.717, 1.165) is 5.33 Å². The Bertz CT molecular complexity index is 504. The first-order chi connectivity index (χ1) is 8.52. The van der Waals surface area contributed by atoms with E-state index in [2.05, 4.69) is 15.9 Å². The van der Waals surface area contributed by atoms with Gasteiger partial charge < -0.3 is 4.90 Å². The van der Waals surface area contributed by atoms with Crippen molar-refractivity contribution in [2.75, 3.05) is 16.8 Å². The summed E-state index contributed by atoms with van der Waals surface area (Å²) in [6.45, 7) is 1.90. The van der Waals surface area contributed by atoms with Crippen molar-refractivity contribution in [3.63, 3.8) is 0 Å². The number of halogens is 2. The van der Waals surface area contributed by atoms with Crippen LogP contribution in [0.15, 0.2) is 18.2 Å². The van der Waals surface area contributed by atoms with Gasteiger partial charge in [-0.1, -0.05) is 15.9 Å². The third-order valence-electron chi connectivity index (χ3n) is 3.07. The maximum atomic E-state index is 13.9. The van der Waals surface area contributed by atoms with Crippen LogP contribution in [0, 0.1) is 11.7 Å². The van der Waals surface area contributed by atoms with Crippen molar-refractivity contribution in [2.45, 2.75) is 13.3 Å². The zero-order chi connectivity index (χ0) is 13.3. The van der Waals surface area contributed by atoms with E-state index in [1.54, 1.807) is 6.07 Å². The van der Waals surface area contributed by atoms with Crippen molar-refractivity contribution in [3.05, 3.63) is 29.6 Å². The van der Waals surface area contributed by atoms with Gasteiger partial charge >= 0.3 is 0 Å².